The minimum absolute atomic E-state index is 0.0447. The summed E-state index contributed by atoms with van der Waals surface area (Å²) in [7, 11) is 0. The predicted molar refractivity (Wildman–Crippen MR) is 107 cm³/mol. The quantitative estimate of drug-likeness (QED) is 0.779. The number of cyclic esters (lactones) is 1. The van der Waals surface area contributed by atoms with E-state index in [1.54, 1.807) is 4.90 Å². The van der Waals surface area contributed by atoms with Crippen molar-refractivity contribution in [3.8, 4) is 11.5 Å². The van der Waals surface area contributed by atoms with E-state index in [-0.39, 0.29) is 18.1 Å². The lowest BCUT2D eigenvalue weighted by atomic mass is 10.1. The summed E-state index contributed by atoms with van der Waals surface area (Å²) in [5.74, 6) is 1.49. The minimum Gasteiger partial charge on any atom is -0.486 e. The van der Waals surface area contributed by atoms with Gasteiger partial charge >= 0.3 is 6.09 Å². The Morgan fingerprint density at radius 3 is 2.69 bits per heavy atom. The Morgan fingerprint density at radius 1 is 1.07 bits per heavy atom. The average Bonchev–Trinajstić information content (AvgIpc) is 3.13. The molecule has 0 radical (unpaired) electrons. The fraction of sp³-hybridized carbons (Fsp3) is 0.364. The maximum atomic E-state index is 12.1. The van der Waals surface area contributed by atoms with Gasteiger partial charge in [0, 0.05) is 12.1 Å². The number of amides is 2. The molecule has 7 heteroatoms. The third-order valence-electron chi connectivity index (χ3n) is 4.94. The van der Waals surface area contributed by atoms with Gasteiger partial charge in [0.05, 0.1) is 13.1 Å². The molecule has 2 aromatic carbocycles. The second kappa shape index (κ2) is 8.86. The number of hydrogen-bond acceptors (Lipinski definition) is 5. The second-order valence-electron chi connectivity index (χ2n) is 7.09. The van der Waals surface area contributed by atoms with Gasteiger partial charge in [0.25, 0.3) is 0 Å². The number of anilines is 1. The van der Waals surface area contributed by atoms with Crippen LogP contribution < -0.4 is 19.7 Å². The van der Waals surface area contributed by atoms with E-state index in [1.807, 2.05) is 48.5 Å². The summed E-state index contributed by atoms with van der Waals surface area (Å²) in [6.45, 7) is 1.89. The van der Waals surface area contributed by atoms with Crippen LogP contribution in [0, 0.1) is 0 Å². The number of hydrogen-bond donors (Lipinski definition) is 1. The molecule has 0 aromatic heterocycles. The van der Waals surface area contributed by atoms with Gasteiger partial charge in [-0.05, 0) is 42.7 Å². The number of nitrogens with zero attached hydrogens (tertiary/aromatic N) is 1. The first kappa shape index (κ1) is 19.1. The molecule has 2 heterocycles. The molecule has 2 aliphatic heterocycles. The number of carbonyl (C=O) groups excluding carboxylic acids is 2. The minimum atomic E-state index is -0.381. The van der Waals surface area contributed by atoms with E-state index < -0.39 is 0 Å². The van der Waals surface area contributed by atoms with Gasteiger partial charge in [0.2, 0.25) is 5.91 Å². The summed E-state index contributed by atoms with van der Waals surface area (Å²) in [5, 5.41) is 2.87. The molecule has 152 valence electrons. The summed E-state index contributed by atoms with van der Waals surface area (Å²) in [5.41, 5.74) is 1.91. The second-order valence-corrected chi connectivity index (χ2v) is 7.09. The van der Waals surface area contributed by atoms with Crippen LogP contribution >= 0.6 is 0 Å². The van der Waals surface area contributed by atoms with Gasteiger partial charge < -0.3 is 19.5 Å². The van der Waals surface area contributed by atoms with Gasteiger partial charge in [-0.25, -0.2) is 4.79 Å². The van der Waals surface area contributed by atoms with E-state index in [0.29, 0.717) is 32.7 Å². The van der Waals surface area contributed by atoms with Crippen LogP contribution in [0.4, 0.5) is 10.5 Å². The first-order chi connectivity index (χ1) is 14.2. The largest absolute Gasteiger partial charge is 0.486 e. The van der Waals surface area contributed by atoms with E-state index in [1.165, 1.54) is 0 Å². The molecule has 1 unspecified atom stereocenters. The van der Waals surface area contributed by atoms with Crippen molar-refractivity contribution in [2.45, 2.75) is 25.4 Å². The van der Waals surface area contributed by atoms with Crippen LogP contribution in [0.1, 0.15) is 18.4 Å². The zero-order valence-corrected chi connectivity index (χ0v) is 16.1. The molecule has 1 fully saturated rings. The van der Waals surface area contributed by atoms with Gasteiger partial charge in [0.1, 0.15) is 19.3 Å². The van der Waals surface area contributed by atoms with Gasteiger partial charge in [0.15, 0.2) is 11.5 Å². The van der Waals surface area contributed by atoms with Crippen LogP contribution in [-0.2, 0) is 16.0 Å². The maximum absolute atomic E-state index is 12.1. The molecule has 4 rings (SSSR count). The van der Waals surface area contributed by atoms with Gasteiger partial charge in [-0.15, -0.1) is 0 Å². The summed E-state index contributed by atoms with van der Waals surface area (Å²) in [6, 6.07) is 15.3. The first-order valence-electron chi connectivity index (χ1n) is 9.87. The van der Waals surface area contributed by atoms with Gasteiger partial charge in [-0.3, -0.25) is 9.69 Å². The van der Waals surface area contributed by atoms with Crippen LogP contribution in [0.5, 0.6) is 11.5 Å². The van der Waals surface area contributed by atoms with Crippen LogP contribution in [0.3, 0.4) is 0 Å². The molecule has 0 spiro atoms. The van der Waals surface area contributed by atoms with Crippen molar-refractivity contribution < 1.29 is 23.8 Å². The lowest BCUT2D eigenvalue weighted by Crippen LogP contribution is -2.34. The molecule has 2 amide bonds. The molecule has 0 aliphatic carbocycles. The predicted octanol–water partition coefficient (Wildman–Crippen LogP) is 2.92. The Morgan fingerprint density at radius 2 is 1.86 bits per heavy atom. The van der Waals surface area contributed by atoms with Crippen LogP contribution in [-0.4, -0.2) is 44.4 Å². The maximum Gasteiger partial charge on any atom is 0.414 e. The number of rotatable bonds is 7. The van der Waals surface area contributed by atoms with E-state index >= 15 is 0 Å². The molecule has 0 bridgehead atoms. The lowest BCUT2D eigenvalue weighted by Gasteiger charge is -2.18. The topological polar surface area (TPSA) is 77.1 Å². The van der Waals surface area contributed by atoms with Gasteiger partial charge in [-0.1, -0.05) is 24.3 Å². The molecule has 2 aliphatic rings. The van der Waals surface area contributed by atoms with Crippen LogP contribution in [0.15, 0.2) is 48.5 Å². The summed E-state index contributed by atoms with van der Waals surface area (Å²) < 4.78 is 16.5. The number of fused-ring (bicyclic) bond motifs is 1. The zero-order chi connectivity index (χ0) is 20.1. The Kier molecular flexibility index (Phi) is 5.84. The molecular formula is C22H24N2O5. The molecular weight excluding hydrogens is 372 g/mol. The highest BCUT2D eigenvalue weighted by Gasteiger charge is 2.32. The van der Waals surface area contributed by atoms with Crippen molar-refractivity contribution in [1.82, 2.24) is 5.32 Å². The highest BCUT2D eigenvalue weighted by Crippen LogP contribution is 2.31. The van der Waals surface area contributed by atoms with Gasteiger partial charge in [-0.2, -0.15) is 0 Å². The molecule has 1 saturated heterocycles. The molecule has 1 atom stereocenters. The van der Waals surface area contributed by atoms with Crippen LogP contribution in [0.2, 0.25) is 0 Å². The van der Waals surface area contributed by atoms with Crippen molar-refractivity contribution in [3.63, 3.8) is 0 Å². The normalized spacial score (nSPS) is 17.7. The highest BCUT2D eigenvalue weighted by atomic mass is 16.6. The summed E-state index contributed by atoms with van der Waals surface area (Å²) in [6.07, 6.45) is 1.20. The Labute approximate surface area is 169 Å². The number of nitrogens with one attached hydrogen (secondary N) is 1. The number of benzene rings is 2. The van der Waals surface area contributed by atoms with Crippen molar-refractivity contribution in [3.05, 3.63) is 54.1 Å². The number of aryl methyl sites for hydroxylation is 1. The van der Waals surface area contributed by atoms with E-state index in [2.05, 4.69) is 5.32 Å². The van der Waals surface area contributed by atoms with Crippen molar-refractivity contribution in [1.29, 1.82) is 0 Å². The van der Waals surface area contributed by atoms with Crippen molar-refractivity contribution in [2.24, 2.45) is 0 Å². The number of carbonyl (C=O) groups is 2. The van der Waals surface area contributed by atoms with E-state index in [9.17, 15) is 9.59 Å². The van der Waals surface area contributed by atoms with E-state index in [4.69, 9.17) is 14.2 Å². The Hall–Kier alpha value is -3.22. The molecule has 29 heavy (non-hydrogen) atoms. The smallest absolute Gasteiger partial charge is 0.414 e. The van der Waals surface area contributed by atoms with E-state index in [0.717, 1.165) is 35.6 Å². The zero-order valence-electron chi connectivity index (χ0n) is 16.1. The number of ether oxygens (including phenoxy) is 3. The SMILES string of the molecule is O=C(CCCc1ccc2c(c1)OCCO2)NCC1CN(c2ccccc2)C(=O)O1. The lowest BCUT2D eigenvalue weighted by molar-refractivity contribution is -0.121. The summed E-state index contributed by atoms with van der Waals surface area (Å²) in [4.78, 5) is 25.8. The summed E-state index contributed by atoms with van der Waals surface area (Å²) >= 11 is 0. The third kappa shape index (κ3) is 4.80. The monoisotopic (exact) mass is 396 g/mol. The third-order valence-corrected chi connectivity index (χ3v) is 4.94. The van der Waals surface area contributed by atoms with Crippen molar-refractivity contribution in [2.75, 3.05) is 31.2 Å². The fourth-order valence-electron chi connectivity index (χ4n) is 3.46. The standard InChI is InChI=1S/C22H24N2O5/c25-21(8-4-5-16-9-10-19-20(13-16)28-12-11-27-19)23-14-18-15-24(22(26)29-18)17-6-2-1-3-7-17/h1-3,6-7,9-10,13,18H,4-5,8,11-12,14-15H2,(H,23,25). The average molecular weight is 396 g/mol. The van der Waals surface area contributed by atoms with Crippen LogP contribution in [0.25, 0.3) is 0 Å². The van der Waals surface area contributed by atoms with Crippen molar-refractivity contribution >= 4 is 17.7 Å². The fourth-order valence-corrected chi connectivity index (χ4v) is 3.46. The molecule has 0 saturated carbocycles. The molecule has 1 N–H and O–H groups in total. The number of para-hydroxylation sites is 1. The Bertz CT molecular complexity index is 871. The molecule has 7 nitrogen and oxygen atoms in total. The molecule has 2 aromatic rings. The first-order valence-corrected chi connectivity index (χ1v) is 9.87. The Balaban J connectivity index is 1.18. The highest BCUT2D eigenvalue weighted by molar-refractivity contribution is 5.89.